The Morgan fingerprint density at radius 1 is 1.42 bits per heavy atom. The molecule has 0 radical (unpaired) electrons. The molecule has 1 unspecified atom stereocenters. The van der Waals surface area contributed by atoms with Crippen molar-refractivity contribution in [2.45, 2.75) is 37.2 Å². The molecule has 0 bridgehead atoms. The molecule has 0 spiro atoms. The van der Waals surface area contributed by atoms with E-state index in [2.05, 4.69) is 0 Å². The van der Waals surface area contributed by atoms with Crippen LogP contribution in [0.1, 0.15) is 6.42 Å². The van der Waals surface area contributed by atoms with E-state index in [0.717, 1.165) is 4.90 Å². The maximum atomic E-state index is 11.9. The van der Waals surface area contributed by atoms with E-state index in [4.69, 9.17) is 15.6 Å². The van der Waals surface area contributed by atoms with Crippen LogP contribution in [0.4, 0.5) is 0 Å². The van der Waals surface area contributed by atoms with Crippen molar-refractivity contribution in [1.29, 1.82) is 0 Å². The molecule has 0 aromatic carbocycles. The van der Waals surface area contributed by atoms with E-state index >= 15 is 0 Å². The molecule has 6 atom stereocenters. The standard InChI is InChI=1S/C10H16N2O7/c11-8(16)6-7(15)10(18)12(9(6)17)5-1-3(14)4(2-13)19-5/h3-7,10,13-15,18H,1-2H2,(H2,11,16)/t3-,4+,5+,6?,7+,10+/m0/s1. The summed E-state index contributed by atoms with van der Waals surface area (Å²) >= 11 is 0. The molecule has 6 N–H and O–H groups in total. The average Bonchev–Trinajstić information content (AvgIpc) is 2.79. The number of aliphatic hydroxyl groups is 4. The van der Waals surface area contributed by atoms with E-state index in [-0.39, 0.29) is 6.42 Å². The van der Waals surface area contributed by atoms with Crippen LogP contribution in [0, 0.1) is 5.92 Å². The Bertz CT molecular complexity index is 390. The van der Waals surface area contributed by atoms with E-state index < -0.39 is 55.1 Å². The second kappa shape index (κ2) is 5.02. The van der Waals surface area contributed by atoms with Crippen molar-refractivity contribution in [3.63, 3.8) is 0 Å². The Hall–Kier alpha value is -1.26. The van der Waals surface area contributed by atoms with E-state index in [0.29, 0.717) is 0 Å². The molecule has 2 aliphatic heterocycles. The van der Waals surface area contributed by atoms with Gasteiger partial charge in [-0.05, 0) is 0 Å². The van der Waals surface area contributed by atoms with Gasteiger partial charge in [0.15, 0.2) is 6.23 Å². The molecule has 19 heavy (non-hydrogen) atoms. The summed E-state index contributed by atoms with van der Waals surface area (Å²) in [5, 5.41) is 37.9. The van der Waals surface area contributed by atoms with Crippen LogP contribution < -0.4 is 5.73 Å². The first kappa shape index (κ1) is 14.2. The lowest BCUT2D eigenvalue weighted by Gasteiger charge is -2.27. The maximum Gasteiger partial charge on any atom is 0.242 e. The van der Waals surface area contributed by atoms with Crippen molar-refractivity contribution in [3.05, 3.63) is 0 Å². The van der Waals surface area contributed by atoms with Gasteiger partial charge in [-0.2, -0.15) is 0 Å². The number of nitrogens with zero attached hydrogens (tertiary/aromatic N) is 1. The summed E-state index contributed by atoms with van der Waals surface area (Å²) < 4.78 is 5.21. The van der Waals surface area contributed by atoms with Crippen LogP contribution in [0.15, 0.2) is 0 Å². The van der Waals surface area contributed by atoms with Crippen molar-refractivity contribution in [2.24, 2.45) is 11.7 Å². The van der Waals surface area contributed by atoms with Gasteiger partial charge in [-0.25, -0.2) is 0 Å². The molecule has 2 fully saturated rings. The molecule has 0 saturated carbocycles. The zero-order valence-electron chi connectivity index (χ0n) is 9.92. The molecule has 2 amide bonds. The summed E-state index contributed by atoms with van der Waals surface area (Å²) in [6.45, 7) is -0.447. The first-order chi connectivity index (χ1) is 8.88. The number of aliphatic hydroxyl groups excluding tert-OH is 4. The predicted molar refractivity (Wildman–Crippen MR) is 57.9 cm³/mol. The number of ether oxygens (including phenoxy) is 1. The third-order valence-electron chi connectivity index (χ3n) is 3.45. The van der Waals surface area contributed by atoms with Gasteiger partial charge in [-0.3, -0.25) is 14.5 Å². The van der Waals surface area contributed by atoms with E-state index in [1.54, 1.807) is 0 Å². The summed E-state index contributed by atoms with van der Waals surface area (Å²) in [4.78, 5) is 23.8. The van der Waals surface area contributed by atoms with Crippen molar-refractivity contribution >= 4 is 11.8 Å². The highest BCUT2D eigenvalue weighted by Crippen LogP contribution is 2.32. The van der Waals surface area contributed by atoms with Gasteiger partial charge in [0.25, 0.3) is 0 Å². The summed E-state index contributed by atoms with van der Waals surface area (Å²) in [5.74, 6) is -3.44. The lowest BCUT2D eigenvalue weighted by Crippen LogP contribution is -2.44. The minimum atomic E-state index is -1.64. The SMILES string of the molecule is NC(=O)C1C(=O)N([C@H]2C[C@H](O)[C@@H](CO)O2)[C@H](O)[C@@H]1O. The predicted octanol–water partition coefficient (Wildman–Crippen LogP) is -3.92. The third kappa shape index (κ3) is 2.19. The van der Waals surface area contributed by atoms with Gasteiger partial charge >= 0.3 is 0 Å². The smallest absolute Gasteiger partial charge is 0.242 e. The van der Waals surface area contributed by atoms with E-state index in [1.165, 1.54) is 0 Å². The Balaban J connectivity index is 2.17. The van der Waals surface area contributed by atoms with Crippen LogP contribution in [0.5, 0.6) is 0 Å². The Kier molecular flexibility index (Phi) is 3.74. The molecule has 2 rings (SSSR count). The minimum Gasteiger partial charge on any atom is -0.394 e. The molecule has 2 saturated heterocycles. The van der Waals surface area contributed by atoms with Gasteiger partial charge in [0, 0.05) is 6.42 Å². The Morgan fingerprint density at radius 2 is 2.05 bits per heavy atom. The van der Waals surface area contributed by atoms with Gasteiger partial charge in [-0.1, -0.05) is 0 Å². The topological polar surface area (TPSA) is 154 Å². The molecular weight excluding hydrogens is 260 g/mol. The quantitative estimate of drug-likeness (QED) is 0.330. The normalized spacial score (nSPS) is 42.9. The highest BCUT2D eigenvalue weighted by Gasteiger charge is 2.54. The summed E-state index contributed by atoms with van der Waals surface area (Å²) in [5.41, 5.74) is 4.99. The van der Waals surface area contributed by atoms with Gasteiger partial charge in [-0.15, -0.1) is 0 Å². The zero-order chi connectivity index (χ0) is 14.3. The van der Waals surface area contributed by atoms with Crippen LogP contribution in [0.25, 0.3) is 0 Å². The molecule has 0 aromatic rings. The number of primary amides is 1. The molecule has 0 aromatic heterocycles. The lowest BCUT2D eigenvalue weighted by atomic mass is 10.1. The minimum absolute atomic E-state index is 0.0355. The number of hydrogen-bond acceptors (Lipinski definition) is 7. The fourth-order valence-electron chi connectivity index (χ4n) is 2.43. The summed E-state index contributed by atoms with van der Waals surface area (Å²) in [7, 11) is 0. The molecule has 0 aliphatic carbocycles. The van der Waals surface area contributed by atoms with Gasteiger partial charge < -0.3 is 30.9 Å². The molecular formula is C10H16N2O7. The van der Waals surface area contributed by atoms with Gasteiger partial charge in [0.2, 0.25) is 11.8 Å². The van der Waals surface area contributed by atoms with Crippen LogP contribution in [0.3, 0.4) is 0 Å². The van der Waals surface area contributed by atoms with Crippen molar-refractivity contribution < 1.29 is 34.8 Å². The summed E-state index contributed by atoms with van der Waals surface area (Å²) in [6, 6.07) is 0. The number of hydrogen-bond donors (Lipinski definition) is 5. The van der Waals surface area contributed by atoms with E-state index in [9.17, 15) is 24.9 Å². The number of carbonyl (C=O) groups excluding carboxylic acids is 2. The van der Waals surface area contributed by atoms with Gasteiger partial charge in [0.05, 0.1) is 12.7 Å². The number of likely N-dealkylation sites (tertiary alicyclic amines) is 1. The highest BCUT2D eigenvalue weighted by atomic mass is 16.5. The fourth-order valence-corrected chi connectivity index (χ4v) is 2.43. The molecule has 108 valence electrons. The maximum absolute atomic E-state index is 11.9. The number of rotatable bonds is 3. The molecule has 2 heterocycles. The second-order valence-electron chi connectivity index (χ2n) is 4.64. The second-order valence-corrected chi connectivity index (χ2v) is 4.64. The third-order valence-corrected chi connectivity index (χ3v) is 3.45. The Morgan fingerprint density at radius 3 is 2.47 bits per heavy atom. The van der Waals surface area contributed by atoms with Crippen molar-refractivity contribution in [1.82, 2.24) is 4.90 Å². The summed E-state index contributed by atoms with van der Waals surface area (Å²) in [6.07, 6.45) is -6.21. The molecule has 9 heteroatoms. The van der Waals surface area contributed by atoms with Crippen molar-refractivity contribution in [2.75, 3.05) is 6.61 Å². The van der Waals surface area contributed by atoms with Crippen LogP contribution in [-0.4, -0.2) is 74.5 Å². The Labute approximate surface area is 108 Å². The number of amides is 2. The molecule has 2 aliphatic rings. The van der Waals surface area contributed by atoms with Gasteiger partial charge in [0.1, 0.15) is 24.4 Å². The van der Waals surface area contributed by atoms with Crippen LogP contribution in [-0.2, 0) is 14.3 Å². The largest absolute Gasteiger partial charge is 0.394 e. The number of nitrogens with two attached hydrogens (primary N) is 1. The highest BCUT2D eigenvalue weighted by molar-refractivity contribution is 6.02. The lowest BCUT2D eigenvalue weighted by molar-refractivity contribution is -0.162. The zero-order valence-corrected chi connectivity index (χ0v) is 9.92. The average molecular weight is 276 g/mol. The number of carbonyl (C=O) groups is 2. The monoisotopic (exact) mass is 276 g/mol. The molecule has 9 nitrogen and oxygen atoms in total. The first-order valence-electron chi connectivity index (χ1n) is 5.80. The fraction of sp³-hybridized carbons (Fsp3) is 0.800. The van der Waals surface area contributed by atoms with Crippen molar-refractivity contribution in [3.8, 4) is 0 Å². The van der Waals surface area contributed by atoms with E-state index in [1.807, 2.05) is 0 Å². The van der Waals surface area contributed by atoms with Crippen LogP contribution in [0.2, 0.25) is 0 Å². The van der Waals surface area contributed by atoms with Crippen LogP contribution >= 0.6 is 0 Å². The first-order valence-corrected chi connectivity index (χ1v) is 5.80.